The van der Waals surface area contributed by atoms with Gasteiger partial charge in [-0.1, -0.05) is 13.8 Å². The highest BCUT2D eigenvalue weighted by atomic mass is 32.2. The molecule has 0 aliphatic carbocycles. The molecule has 0 radical (unpaired) electrons. The molecule has 22 heavy (non-hydrogen) atoms. The third kappa shape index (κ3) is 8.88. The van der Waals surface area contributed by atoms with Crippen LogP contribution in [0.25, 0.3) is 0 Å². The Kier molecular flexibility index (Phi) is 8.03. The number of nitrogens with zero attached hydrogens (tertiary/aromatic N) is 1. The SMILES string of the molecule is CCNC(=NCC(C)(C)CCS(C)(=O)=O)NCC1CCCS1. The van der Waals surface area contributed by atoms with Crippen molar-refractivity contribution in [3.8, 4) is 0 Å². The Morgan fingerprint density at radius 2 is 2.09 bits per heavy atom. The van der Waals surface area contributed by atoms with E-state index in [9.17, 15) is 8.42 Å². The topological polar surface area (TPSA) is 70.6 Å². The molecule has 1 aliphatic rings. The van der Waals surface area contributed by atoms with E-state index in [1.165, 1.54) is 24.9 Å². The monoisotopic (exact) mass is 349 g/mol. The van der Waals surface area contributed by atoms with E-state index in [0.29, 0.717) is 18.2 Å². The fourth-order valence-electron chi connectivity index (χ4n) is 2.19. The average Bonchev–Trinajstić information content (AvgIpc) is 2.92. The number of sulfone groups is 1. The molecule has 0 aromatic heterocycles. The van der Waals surface area contributed by atoms with Crippen molar-refractivity contribution in [2.45, 2.75) is 45.3 Å². The summed E-state index contributed by atoms with van der Waals surface area (Å²) in [4.78, 5) is 4.64. The van der Waals surface area contributed by atoms with Crippen LogP contribution in [0.3, 0.4) is 0 Å². The summed E-state index contributed by atoms with van der Waals surface area (Å²) in [6.07, 6.45) is 4.50. The second-order valence-electron chi connectivity index (χ2n) is 6.76. The normalized spacial score (nSPS) is 20.2. The summed E-state index contributed by atoms with van der Waals surface area (Å²) in [6, 6.07) is 0. The zero-order valence-electron chi connectivity index (χ0n) is 14.3. The van der Waals surface area contributed by atoms with E-state index < -0.39 is 9.84 Å². The van der Waals surface area contributed by atoms with E-state index in [4.69, 9.17) is 0 Å². The lowest BCUT2D eigenvalue weighted by molar-refractivity contribution is 0.365. The lowest BCUT2D eigenvalue weighted by Gasteiger charge is -2.23. The largest absolute Gasteiger partial charge is 0.357 e. The summed E-state index contributed by atoms with van der Waals surface area (Å²) in [5, 5.41) is 7.35. The zero-order valence-corrected chi connectivity index (χ0v) is 15.9. The molecule has 1 heterocycles. The van der Waals surface area contributed by atoms with Gasteiger partial charge in [0.15, 0.2) is 5.96 Å². The van der Waals surface area contributed by atoms with Gasteiger partial charge >= 0.3 is 0 Å². The summed E-state index contributed by atoms with van der Waals surface area (Å²) >= 11 is 2.02. The minimum Gasteiger partial charge on any atom is -0.357 e. The predicted octanol–water partition coefficient (Wildman–Crippen LogP) is 1.90. The summed E-state index contributed by atoms with van der Waals surface area (Å²) < 4.78 is 22.6. The van der Waals surface area contributed by atoms with Crippen molar-refractivity contribution < 1.29 is 8.42 Å². The smallest absolute Gasteiger partial charge is 0.191 e. The maximum atomic E-state index is 11.3. The minimum atomic E-state index is -2.91. The second-order valence-corrected chi connectivity index (χ2v) is 10.4. The number of hydrogen-bond acceptors (Lipinski definition) is 4. The van der Waals surface area contributed by atoms with E-state index in [-0.39, 0.29) is 11.2 Å². The maximum absolute atomic E-state index is 11.3. The fourth-order valence-corrected chi connectivity index (χ4v) is 4.32. The fraction of sp³-hybridized carbons (Fsp3) is 0.933. The van der Waals surface area contributed by atoms with Gasteiger partial charge in [0.05, 0.1) is 5.75 Å². The number of guanidine groups is 1. The van der Waals surface area contributed by atoms with Crippen LogP contribution >= 0.6 is 11.8 Å². The van der Waals surface area contributed by atoms with E-state index in [1.54, 1.807) is 0 Å². The molecule has 1 unspecified atom stereocenters. The molecular weight excluding hydrogens is 318 g/mol. The number of hydrogen-bond donors (Lipinski definition) is 2. The van der Waals surface area contributed by atoms with Gasteiger partial charge in [0.1, 0.15) is 9.84 Å². The van der Waals surface area contributed by atoms with Gasteiger partial charge in [-0.25, -0.2) is 8.42 Å². The summed E-state index contributed by atoms with van der Waals surface area (Å²) in [5.41, 5.74) is -0.118. The Morgan fingerprint density at radius 1 is 1.36 bits per heavy atom. The maximum Gasteiger partial charge on any atom is 0.191 e. The van der Waals surface area contributed by atoms with Crippen molar-refractivity contribution in [2.24, 2.45) is 10.4 Å². The molecule has 130 valence electrons. The number of aliphatic imine (C=N–C) groups is 1. The van der Waals surface area contributed by atoms with Gasteiger partial charge in [-0.2, -0.15) is 11.8 Å². The molecule has 1 aliphatic heterocycles. The van der Waals surface area contributed by atoms with Crippen LogP contribution in [-0.2, 0) is 9.84 Å². The zero-order chi connectivity index (χ0) is 16.6. The Labute approximate surface area is 140 Å². The van der Waals surface area contributed by atoms with Crippen LogP contribution in [0.1, 0.15) is 40.0 Å². The van der Waals surface area contributed by atoms with Crippen LogP contribution in [-0.4, -0.2) is 57.0 Å². The van der Waals surface area contributed by atoms with Crippen LogP contribution in [0.5, 0.6) is 0 Å². The molecule has 1 fully saturated rings. The standard InChI is InChI=1S/C15H31N3O2S2/c1-5-16-14(17-11-13-7-6-9-21-13)18-12-15(2,3)8-10-22(4,19)20/h13H,5-12H2,1-4H3,(H2,16,17,18). The summed E-state index contributed by atoms with van der Waals surface area (Å²) in [5.74, 6) is 2.32. The van der Waals surface area contributed by atoms with Gasteiger partial charge in [-0.15, -0.1) is 0 Å². The molecule has 0 bridgehead atoms. The Bertz CT molecular complexity index is 455. The summed E-state index contributed by atoms with van der Waals surface area (Å²) in [6.45, 7) is 8.58. The van der Waals surface area contributed by atoms with Gasteiger partial charge in [0, 0.05) is 31.1 Å². The Balaban J connectivity index is 2.48. The molecule has 0 amide bonds. The highest BCUT2D eigenvalue weighted by Crippen LogP contribution is 2.25. The summed E-state index contributed by atoms with van der Waals surface area (Å²) in [7, 11) is -2.91. The quantitative estimate of drug-likeness (QED) is 0.517. The third-order valence-electron chi connectivity index (χ3n) is 3.68. The van der Waals surface area contributed by atoms with Gasteiger partial charge < -0.3 is 10.6 Å². The number of rotatable bonds is 8. The molecule has 0 spiro atoms. The highest BCUT2D eigenvalue weighted by Gasteiger charge is 2.20. The van der Waals surface area contributed by atoms with Crippen molar-refractivity contribution in [3.05, 3.63) is 0 Å². The molecule has 1 saturated heterocycles. The van der Waals surface area contributed by atoms with Gasteiger partial charge in [0.25, 0.3) is 0 Å². The molecule has 1 atom stereocenters. The second kappa shape index (κ2) is 9.01. The van der Waals surface area contributed by atoms with Crippen LogP contribution in [0.4, 0.5) is 0 Å². The van der Waals surface area contributed by atoms with Crippen LogP contribution in [0.2, 0.25) is 0 Å². The Morgan fingerprint density at radius 3 is 2.64 bits per heavy atom. The van der Waals surface area contributed by atoms with Crippen molar-refractivity contribution in [1.82, 2.24) is 10.6 Å². The Hall–Kier alpha value is -0.430. The first-order valence-corrected chi connectivity index (χ1v) is 11.1. The number of nitrogens with one attached hydrogen (secondary N) is 2. The average molecular weight is 350 g/mol. The molecule has 7 heteroatoms. The molecule has 1 rings (SSSR count). The minimum absolute atomic E-state index is 0.118. The van der Waals surface area contributed by atoms with Crippen LogP contribution in [0.15, 0.2) is 4.99 Å². The first-order chi connectivity index (χ1) is 10.2. The van der Waals surface area contributed by atoms with Crippen molar-refractivity contribution in [3.63, 3.8) is 0 Å². The van der Waals surface area contributed by atoms with E-state index in [2.05, 4.69) is 36.4 Å². The molecule has 0 aromatic carbocycles. The van der Waals surface area contributed by atoms with Gasteiger partial charge in [-0.05, 0) is 37.4 Å². The number of thioether (sulfide) groups is 1. The van der Waals surface area contributed by atoms with E-state index >= 15 is 0 Å². The highest BCUT2D eigenvalue weighted by molar-refractivity contribution is 8.00. The molecule has 0 aromatic rings. The first-order valence-electron chi connectivity index (χ1n) is 8.03. The first kappa shape index (κ1) is 19.6. The van der Waals surface area contributed by atoms with Gasteiger partial charge in [-0.3, -0.25) is 4.99 Å². The lowest BCUT2D eigenvalue weighted by Crippen LogP contribution is -2.40. The van der Waals surface area contributed by atoms with Crippen LogP contribution < -0.4 is 10.6 Å². The van der Waals surface area contributed by atoms with E-state index in [0.717, 1.165) is 19.0 Å². The third-order valence-corrected chi connectivity index (χ3v) is 6.02. The van der Waals surface area contributed by atoms with Crippen molar-refractivity contribution in [1.29, 1.82) is 0 Å². The van der Waals surface area contributed by atoms with Gasteiger partial charge in [0.2, 0.25) is 0 Å². The van der Waals surface area contributed by atoms with Crippen LogP contribution in [0, 0.1) is 5.41 Å². The lowest BCUT2D eigenvalue weighted by atomic mass is 9.90. The molecular formula is C15H31N3O2S2. The van der Waals surface area contributed by atoms with Crippen molar-refractivity contribution in [2.75, 3.05) is 37.4 Å². The van der Waals surface area contributed by atoms with Crippen molar-refractivity contribution >= 4 is 27.6 Å². The predicted molar refractivity (Wildman–Crippen MR) is 97.6 cm³/mol. The molecule has 2 N–H and O–H groups in total. The molecule has 0 saturated carbocycles. The van der Waals surface area contributed by atoms with E-state index in [1.807, 2.05) is 11.8 Å². The molecule has 5 nitrogen and oxygen atoms in total.